The molecule has 0 unspecified atom stereocenters. The van der Waals surface area contributed by atoms with Gasteiger partial charge in [-0.2, -0.15) is 0 Å². The maximum atomic E-state index is 6.09. The Balaban J connectivity index is 1.93. The van der Waals surface area contributed by atoms with Crippen LogP contribution in [0, 0.1) is 0 Å². The molecule has 1 aliphatic carbocycles. The average Bonchev–Trinajstić information content (AvgIpc) is 3.19. The molecule has 1 fully saturated rings. The second-order valence-electron chi connectivity index (χ2n) is 4.97. The van der Waals surface area contributed by atoms with Crippen LogP contribution in [0.3, 0.4) is 0 Å². The van der Waals surface area contributed by atoms with E-state index in [0.717, 1.165) is 12.1 Å². The standard InChI is InChI=1S/C16H15Cl2N/c17-13-7-12(8-14(18)9-13)16-4-2-1-3-11(16)10-19-15-5-6-15/h1-4,7-9,15,19H,5-6,10H2. The zero-order chi connectivity index (χ0) is 13.2. The monoisotopic (exact) mass is 291 g/mol. The van der Waals surface area contributed by atoms with Gasteiger partial charge in [-0.25, -0.2) is 0 Å². The van der Waals surface area contributed by atoms with Gasteiger partial charge in [0.25, 0.3) is 0 Å². The van der Waals surface area contributed by atoms with Crippen molar-refractivity contribution in [3.05, 3.63) is 58.1 Å². The fourth-order valence-corrected chi connectivity index (χ4v) is 2.73. The van der Waals surface area contributed by atoms with Gasteiger partial charge < -0.3 is 5.32 Å². The third-order valence-electron chi connectivity index (χ3n) is 3.35. The minimum atomic E-state index is 0.674. The van der Waals surface area contributed by atoms with Crippen molar-refractivity contribution in [1.82, 2.24) is 5.32 Å². The molecule has 3 heteroatoms. The SMILES string of the molecule is Clc1cc(Cl)cc(-c2ccccc2CNC2CC2)c1. The molecule has 19 heavy (non-hydrogen) atoms. The first-order valence-corrected chi connectivity index (χ1v) is 7.26. The van der Waals surface area contributed by atoms with E-state index >= 15 is 0 Å². The summed E-state index contributed by atoms with van der Waals surface area (Å²) in [5, 5.41) is 4.89. The molecule has 0 saturated heterocycles. The maximum Gasteiger partial charge on any atom is 0.0426 e. The Hall–Kier alpha value is -1.02. The Morgan fingerprint density at radius 2 is 1.68 bits per heavy atom. The predicted molar refractivity (Wildman–Crippen MR) is 81.8 cm³/mol. The number of hydrogen-bond acceptors (Lipinski definition) is 1. The topological polar surface area (TPSA) is 12.0 Å². The van der Waals surface area contributed by atoms with E-state index in [0.29, 0.717) is 16.1 Å². The molecule has 0 aromatic heterocycles. The van der Waals surface area contributed by atoms with Gasteiger partial charge in [-0.15, -0.1) is 0 Å². The van der Waals surface area contributed by atoms with Gasteiger partial charge in [-0.05, 0) is 47.7 Å². The highest BCUT2D eigenvalue weighted by Gasteiger charge is 2.20. The van der Waals surface area contributed by atoms with E-state index < -0.39 is 0 Å². The van der Waals surface area contributed by atoms with Crippen molar-refractivity contribution in [3.8, 4) is 11.1 Å². The molecule has 0 amide bonds. The van der Waals surface area contributed by atoms with Crippen LogP contribution >= 0.6 is 23.2 Å². The number of nitrogens with one attached hydrogen (secondary N) is 1. The molecule has 0 radical (unpaired) electrons. The van der Waals surface area contributed by atoms with Crippen LogP contribution in [0.25, 0.3) is 11.1 Å². The summed E-state index contributed by atoms with van der Waals surface area (Å²) in [6.07, 6.45) is 2.59. The van der Waals surface area contributed by atoms with E-state index in [1.54, 1.807) is 6.07 Å². The minimum absolute atomic E-state index is 0.674. The van der Waals surface area contributed by atoms with Gasteiger partial charge in [0.05, 0.1) is 0 Å². The van der Waals surface area contributed by atoms with Gasteiger partial charge >= 0.3 is 0 Å². The highest BCUT2D eigenvalue weighted by Crippen LogP contribution is 2.30. The average molecular weight is 292 g/mol. The van der Waals surface area contributed by atoms with Gasteiger partial charge in [0, 0.05) is 22.6 Å². The van der Waals surface area contributed by atoms with Gasteiger partial charge in [0.15, 0.2) is 0 Å². The number of rotatable bonds is 4. The lowest BCUT2D eigenvalue weighted by atomic mass is 9.99. The fourth-order valence-electron chi connectivity index (χ4n) is 2.21. The van der Waals surface area contributed by atoms with Crippen LogP contribution in [0.5, 0.6) is 0 Å². The van der Waals surface area contributed by atoms with Crippen molar-refractivity contribution in [2.24, 2.45) is 0 Å². The molecule has 1 N–H and O–H groups in total. The molecule has 3 rings (SSSR count). The highest BCUT2D eigenvalue weighted by atomic mass is 35.5. The first-order valence-electron chi connectivity index (χ1n) is 6.50. The van der Waals surface area contributed by atoms with Gasteiger partial charge in [0.1, 0.15) is 0 Å². The summed E-state index contributed by atoms with van der Waals surface area (Å²) in [5.41, 5.74) is 3.55. The summed E-state index contributed by atoms with van der Waals surface area (Å²) < 4.78 is 0. The van der Waals surface area contributed by atoms with Crippen molar-refractivity contribution in [3.63, 3.8) is 0 Å². The summed E-state index contributed by atoms with van der Waals surface area (Å²) in [6.45, 7) is 0.894. The number of halogens is 2. The number of hydrogen-bond donors (Lipinski definition) is 1. The van der Waals surface area contributed by atoms with Crippen molar-refractivity contribution >= 4 is 23.2 Å². The summed E-state index contributed by atoms with van der Waals surface area (Å²) in [4.78, 5) is 0. The van der Waals surface area contributed by atoms with E-state index in [1.807, 2.05) is 18.2 Å². The summed E-state index contributed by atoms with van der Waals surface area (Å²) in [6, 6.07) is 14.8. The molecule has 0 heterocycles. The Morgan fingerprint density at radius 3 is 2.37 bits per heavy atom. The molecule has 2 aromatic rings. The first kappa shape index (κ1) is 13.0. The van der Waals surface area contributed by atoms with E-state index in [4.69, 9.17) is 23.2 Å². The quantitative estimate of drug-likeness (QED) is 0.844. The highest BCUT2D eigenvalue weighted by molar-refractivity contribution is 6.35. The maximum absolute atomic E-state index is 6.09. The van der Waals surface area contributed by atoms with Crippen LogP contribution in [0.1, 0.15) is 18.4 Å². The smallest absolute Gasteiger partial charge is 0.0426 e. The molecule has 2 aromatic carbocycles. The van der Waals surface area contributed by atoms with Gasteiger partial charge in [0.2, 0.25) is 0 Å². The lowest BCUT2D eigenvalue weighted by molar-refractivity contribution is 0.689. The largest absolute Gasteiger partial charge is 0.310 e. The fraction of sp³-hybridized carbons (Fsp3) is 0.250. The van der Waals surface area contributed by atoms with Gasteiger partial charge in [-0.1, -0.05) is 47.5 Å². The molecule has 1 nitrogen and oxygen atoms in total. The minimum Gasteiger partial charge on any atom is -0.310 e. The van der Waals surface area contributed by atoms with E-state index in [-0.39, 0.29) is 0 Å². The lowest BCUT2D eigenvalue weighted by Gasteiger charge is -2.11. The van der Waals surface area contributed by atoms with Gasteiger partial charge in [-0.3, -0.25) is 0 Å². The molecule has 1 aliphatic rings. The third-order valence-corrected chi connectivity index (χ3v) is 3.79. The molecule has 1 saturated carbocycles. The molecule has 0 aliphatic heterocycles. The third kappa shape index (κ3) is 3.30. The second kappa shape index (κ2) is 5.54. The molecular weight excluding hydrogens is 277 g/mol. The van der Waals surface area contributed by atoms with Crippen LogP contribution in [-0.2, 0) is 6.54 Å². The Labute approximate surface area is 123 Å². The predicted octanol–water partition coefficient (Wildman–Crippen LogP) is 4.91. The van der Waals surface area contributed by atoms with Crippen LogP contribution in [-0.4, -0.2) is 6.04 Å². The Bertz CT molecular complexity index is 571. The van der Waals surface area contributed by atoms with E-state index in [1.165, 1.54) is 24.0 Å². The summed E-state index contributed by atoms with van der Waals surface area (Å²) in [5.74, 6) is 0. The second-order valence-corrected chi connectivity index (χ2v) is 5.84. The Morgan fingerprint density at radius 1 is 1.00 bits per heavy atom. The molecular formula is C16H15Cl2N. The Kier molecular flexibility index (Phi) is 3.79. The lowest BCUT2D eigenvalue weighted by Crippen LogP contribution is -2.15. The van der Waals surface area contributed by atoms with Crippen molar-refractivity contribution in [2.75, 3.05) is 0 Å². The van der Waals surface area contributed by atoms with Crippen LogP contribution in [0.15, 0.2) is 42.5 Å². The van der Waals surface area contributed by atoms with Crippen molar-refractivity contribution in [1.29, 1.82) is 0 Å². The summed E-state index contributed by atoms with van der Waals surface area (Å²) in [7, 11) is 0. The van der Waals surface area contributed by atoms with Crippen LogP contribution in [0.4, 0.5) is 0 Å². The van der Waals surface area contributed by atoms with Crippen molar-refractivity contribution in [2.45, 2.75) is 25.4 Å². The summed E-state index contributed by atoms with van der Waals surface area (Å²) >= 11 is 12.2. The van der Waals surface area contributed by atoms with Crippen molar-refractivity contribution < 1.29 is 0 Å². The zero-order valence-electron chi connectivity index (χ0n) is 10.5. The molecule has 98 valence electrons. The normalized spacial score (nSPS) is 14.6. The molecule has 0 bridgehead atoms. The van der Waals surface area contributed by atoms with E-state index in [2.05, 4.69) is 23.5 Å². The molecule has 0 spiro atoms. The van der Waals surface area contributed by atoms with Crippen LogP contribution in [0.2, 0.25) is 10.0 Å². The van der Waals surface area contributed by atoms with E-state index in [9.17, 15) is 0 Å². The first-order chi connectivity index (χ1) is 9.22. The van der Waals surface area contributed by atoms with Crippen LogP contribution < -0.4 is 5.32 Å². The number of benzene rings is 2. The zero-order valence-corrected chi connectivity index (χ0v) is 12.0. The molecule has 0 atom stereocenters.